The van der Waals surface area contributed by atoms with Crippen LogP contribution in [0.1, 0.15) is 42.9 Å². The van der Waals surface area contributed by atoms with Gasteiger partial charge in [0.05, 0.1) is 18.4 Å². The van der Waals surface area contributed by atoms with Crippen LogP contribution in [0.15, 0.2) is 30.3 Å². The molecule has 0 radical (unpaired) electrons. The minimum atomic E-state index is -0.211. The quantitative estimate of drug-likeness (QED) is 0.828. The molecular formula is C19H25N3O4. The highest BCUT2D eigenvalue weighted by Crippen LogP contribution is 2.24. The number of aromatic nitrogens is 2. The molecule has 2 heterocycles. The van der Waals surface area contributed by atoms with E-state index in [1.807, 2.05) is 32.0 Å². The molecule has 7 heteroatoms. The number of hydrogen-bond donors (Lipinski definition) is 2. The molecule has 7 nitrogen and oxygen atoms in total. The molecule has 140 valence electrons. The Morgan fingerprint density at radius 1 is 1.38 bits per heavy atom. The minimum absolute atomic E-state index is 0.0967. The van der Waals surface area contributed by atoms with Crippen molar-refractivity contribution < 1.29 is 19.0 Å². The van der Waals surface area contributed by atoms with E-state index in [0.717, 1.165) is 24.3 Å². The van der Waals surface area contributed by atoms with Crippen LogP contribution < -0.4 is 14.8 Å². The Bertz CT molecular complexity index is 757. The van der Waals surface area contributed by atoms with E-state index < -0.39 is 0 Å². The van der Waals surface area contributed by atoms with Gasteiger partial charge in [0.25, 0.3) is 5.91 Å². The van der Waals surface area contributed by atoms with Crippen LogP contribution in [0.3, 0.4) is 0 Å². The van der Waals surface area contributed by atoms with Crippen molar-refractivity contribution in [3.8, 4) is 11.5 Å². The van der Waals surface area contributed by atoms with Crippen molar-refractivity contribution in [1.82, 2.24) is 15.5 Å². The number of carbonyl (C=O) groups excluding carboxylic acids is 1. The van der Waals surface area contributed by atoms with Crippen LogP contribution in [0.5, 0.6) is 11.5 Å². The topological polar surface area (TPSA) is 85.5 Å². The zero-order valence-electron chi connectivity index (χ0n) is 15.4. The number of ether oxygens (including phenoxy) is 3. The summed E-state index contributed by atoms with van der Waals surface area (Å²) in [7, 11) is 1.61. The van der Waals surface area contributed by atoms with Gasteiger partial charge in [-0.1, -0.05) is 6.07 Å². The fourth-order valence-electron chi connectivity index (χ4n) is 3.02. The van der Waals surface area contributed by atoms with E-state index in [2.05, 4.69) is 15.5 Å². The summed E-state index contributed by atoms with van der Waals surface area (Å²) < 4.78 is 16.6. The summed E-state index contributed by atoms with van der Waals surface area (Å²) in [5.41, 5.74) is 0.876. The third kappa shape index (κ3) is 4.76. The predicted molar refractivity (Wildman–Crippen MR) is 96.4 cm³/mol. The summed E-state index contributed by atoms with van der Waals surface area (Å²) in [6, 6.07) is 9.16. The fraction of sp³-hybridized carbons (Fsp3) is 0.474. The lowest BCUT2D eigenvalue weighted by atomic mass is 9.94. The second-order valence-electron chi connectivity index (χ2n) is 7.02. The predicted octanol–water partition coefficient (Wildman–Crippen LogP) is 2.68. The number of amides is 1. The Balaban J connectivity index is 1.54. The minimum Gasteiger partial charge on any atom is -0.497 e. The van der Waals surface area contributed by atoms with Crippen molar-refractivity contribution in [2.24, 2.45) is 0 Å². The van der Waals surface area contributed by atoms with Gasteiger partial charge in [0, 0.05) is 18.7 Å². The van der Waals surface area contributed by atoms with Crippen LogP contribution in [-0.4, -0.2) is 41.5 Å². The number of rotatable bonds is 6. The van der Waals surface area contributed by atoms with Gasteiger partial charge in [-0.15, -0.1) is 0 Å². The van der Waals surface area contributed by atoms with Gasteiger partial charge in [-0.2, -0.15) is 5.10 Å². The summed E-state index contributed by atoms with van der Waals surface area (Å²) in [5, 5.41) is 9.97. The first-order valence-electron chi connectivity index (χ1n) is 8.71. The Morgan fingerprint density at radius 3 is 2.96 bits per heavy atom. The Kier molecular flexibility index (Phi) is 5.46. The Morgan fingerprint density at radius 2 is 2.19 bits per heavy atom. The number of hydrogen-bond acceptors (Lipinski definition) is 5. The van der Waals surface area contributed by atoms with Gasteiger partial charge in [-0.3, -0.25) is 9.89 Å². The lowest BCUT2D eigenvalue weighted by Gasteiger charge is -2.35. The number of nitrogens with zero attached hydrogens (tertiary/aromatic N) is 1. The van der Waals surface area contributed by atoms with Crippen LogP contribution >= 0.6 is 0 Å². The lowest BCUT2D eigenvalue weighted by molar-refractivity contribution is -0.0615. The molecule has 0 aliphatic carbocycles. The largest absolute Gasteiger partial charge is 0.497 e. The van der Waals surface area contributed by atoms with Crippen molar-refractivity contribution in [1.29, 1.82) is 0 Å². The molecule has 3 rings (SSSR count). The summed E-state index contributed by atoms with van der Waals surface area (Å²) in [6.45, 7) is 5.01. The van der Waals surface area contributed by atoms with Crippen LogP contribution in [0, 0.1) is 0 Å². The highest BCUT2D eigenvalue weighted by Gasteiger charge is 2.30. The van der Waals surface area contributed by atoms with Crippen molar-refractivity contribution >= 4 is 5.91 Å². The van der Waals surface area contributed by atoms with E-state index in [0.29, 0.717) is 18.1 Å². The normalized spacial score (nSPS) is 19.0. The van der Waals surface area contributed by atoms with Gasteiger partial charge >= 0.3 is 0 Å². The molecule has 0 spiro atoms. The first kappa shape index (κ1) is 18.3. The van der Waals surface area contributed by atoms with Gasteiger partial charge in [0.1, 0.15) is 23.8 Å². The van der Waals surface area contributed by atoms with E-state index in [9.17, 15) is 4.79 Å². The summed E-state index contributed by atoms with van der Waals surface area (Å²) in [6.07, 6.45) is 1.60. The Hall–Kier alpha value is -2.54. The molecule has 1 fully saturated rings. The molecular weight excluding hydrogens is 334 g/mol. The summed E-state index contributed by atoms with van der Waals surface area (Å²) in [4.78, 5) is 12.4. The van der Waals surface area contributed by atoms with Crippen molar-refractivity contribution in [3.63, 3.8) is 0 Å². The lowest BCUT2D eigenvalue weighted by Crippen LogP contribution is -2.45. The number of benzene rings is 1. The second kappa shape index (κ2) is 7.78. The first-order valence-corrected chi connectivity index (χ1v) is 8.71. The van der Waals surface area contributed by atoms with E-state index in [1.54, 1.807) is 19.2 Å². The van der Waals surface area contributed by atoms with E-state index in [1.165, 1.54) is 0 Å². The second-order valence-corrected chi connectivity index (χ2v) is 7.02. The molecule has 1 aliphatic rings. The molecule has 1 amide bonds. The number of methoxy groups -OCH3 is 1. The molecule has 0 bridgehead atoms. The smallest absolute Gasteiger partial charge is 0.271 e. The highest BCUT2D eigenvalue weighted by atomic mass is 16.5. The number of carbonyl (C=O) groups is 1. The standard InChI is InChI=1S/C19H25N3O4/c1-19(2)11-13(7-8-26-19)20-18(23)17-9-14(21-22-17)12-25-16-6-4-5-15(10-16)24-3/h4-6,9-10,13H,7-8,11-12H2,1-3H3,(H,20,23)(H,21,22). The summed E-state index contributed by atoms with van der Waals surface area (Å²) in [5.74, 6) is 1.23. The third-order valence-corrected chi connectivity index (χ3v) is 4.33. The van der Waals surface area contributed by atoms with Gasteiger partial charge in [0.2, 0.25) is 0 Å². The summed E-state index contributed by atoms with van der Waals surface area (Å²) >= 11 is 0. The third-order valence-electron chi connectivity index (χ3n) is 4.33. The molecule has 1 aromatic heterocycles. The molecule has 1 atom stereocenters. The molecule has 1 aliphatic heterocycles. The van der Waals surface area contributed by atoms with Crippen LogP contribution in [0.2, 0.25) is 0 Å². The Labute approximate surface area is 153 Å². The fourth-order valence-corrected chi connectivity index (χ4v) is 3.02. The maximum absolute atomic E-state index is 12.4. The van der Waals surface area contributed by atoms with Crippen molar-refractivity contribution in [2.45, 2.75) is 44.9 Å². The van der Waals surface area contributed by atoms with E-state index in [4.69, 9.17) is 14.2 Å². The van der Waals surface area contributed by atoms with E-state index >= 15 is 0 Å². The molecule has 0 saturated carbocycles. The van der Waals surface area contributed by atoms with Crippen LogP contribution in [-0.2, 0) is 11.3 Å². The average molecular weight is 359 g/mol. The number of nitrogens with one attached hydrogen (secondary N) is 2. The van der Waals surface area contributed by atoms with Crippen molar-refractivity contribution in [2.75, 3.05) is 13.7 Å². The molecule has 1 unspecified atom stereocenters. The molecule has 1 saturated heterocycles. The van der Waals surface area contributed by atoms with Gasteiger partial charge in [-0.05, 0) is 44.9 Å². The number of H-pyrrole nitrogens is 1. The highest BCUT2D eigenvalue weighted by molar-refractivity contribution is 5.92. The van der Waals surface area contributed by atoms with E-state index in [-0.39, 0.29) is 24.2 Å². The zero-order chi connectivity index (χ0) is 18.6. The maximum Gasteiger partial charge on any atom is 0.271 e. The number of aromatic amines is 1. The SMILES string of the molecule is COc1cccc(OCc2cc(C(=O)NC3CCOC(C)(C)C3)n[nH]2)c1. The molecule has 26 heavy (non-hydrogen) atoms. The van der Waals surface area contributed by atoms with Crippen LogP contribution in [0.4, 0.5) is 0 Å². The molecule has 2 aromatic rings. The zero-order valence-corrected chi connectivity index (χ0v) is 15.4. The van der Waals surface area contributed by atoms with Gasteiger partial charge in [-0.25, -0.2) is 0 Å². The molecule has 2 N–H and O–H groups in total. The average Bonchev–Trinajstić information content (AvgIpc) is 3.08. The molecule has 1 aromatic carbocycles. The van der Waals surface area contributed by atoms with Crippen molar-refractivity contribution in [3.05, 3.63) is 41.7 Å². The maximum atomic E-state index is 12.4. The first-order chi connectivity index (χ1) is 12.4. The van der Waals surface area contributed by atoms with Gasteiger partial charge in [0.15, 0.2) is 0 Å². The monoisotopic (exact) mass is 359 g/mol. The van der Waals surface area contributed by atoms with Gasteiger partial charge < -0.3 is 19.5 Å². The van der Waals surface area contributed by atoms with Crippen LogP contribution in [0.25, 0.3) is 0 Å².